The predicted octanol–water partition coefficient (Wildman–Crippen LogP) is 0.164. The first kappa shape index (κ1) is 12.8. The fourth-order valence-electron chi connectivity index (χ4n) is 0.863. The van der Waals surface area contributed by atoms with Crippen LogP contribution in [-0.2, 0) is 20.2 Å². The monoisotopic (exact) mass is 265 g/mol. The Morgan fingerprint density at radius 2 is 1.62 bits per heavy atom. The summed E-state index contributed by atoms with van der Waals surface area (Å²) < 4.78 is 52.2. The van der Waals surface area contributed by atoms with E-state index in [1.807, 2.05) is 0 Å². The summed E-state index contributed by atoms with van der Waals surface area (Å²) in [6.45, 7) is 0. The van der Waals surface area contributed by atoms with E-state index >= 15 is 0 Å². The molecule has 0 spiro atoms. The molecule has 0 aliphatic carbocycles. The summed E-state index contributed by atoms with van der Waals surface area (Å²) in [4.78, 5) is 0. The average molecular weight is 265 g/mol. The van der Waals surface area contributed by atoms with Gasteiger partial charge in [-0.2, -0.15) is 16.8 Å². The Morgan fingerprint density at radius 3 is 2.12 bits per heavy atom. The molecular weight excluding hydrogens is 256 g/mol. The molecule has 1 radical (unpaired) electrons. The second-order valence-corrected chi connectivity index (χ2v) is 6.11. The third-order valence-corrected chi connectivity index (χ3v) is 2.21. The number of hydrogen-bond acceptors (Lipinski definition) is 6. The van der Waals surface area contributed by atoms with Gasteiger partial charge in [-0.1, -0.05) is 0 Å². The molecule has 0 atom stereocenters. The molecule has 0 aromatic heterocycles. The van der Waals surface area contributed by atoms with Gasteiger partial charge in [-0.3, -0.25) is 0 Å². The Labute approximate surface area is 94.1 Å². The third kappa shape index (κ3) is 4.99. The maximum atomic E-state index is 10.8. The van der Waals surface area contributed by atoms with Crippen molar-refractivity contribution < 1.29 is 25.2 Å². The van der Waals surface area contributed by atoms with Gasteiger partial charge in [0.15, 0.2) is 5.75 Å². The standard InChI is InChI=1S/C8H9O6S2/c1-15(9,10)13-7-4-3-5-8(6-7)14-16(2,11)12/h3-4,6H,1-2H3. The minimum Gasteiger partial charge on any atom is -0.382 e. The highest BCUT2D eigenvalue weighted by Crippen LogP contribution is 2.20. The molecule has 0 amide bonds. The van der Waals surface area contributed by atoms with Crippen molar-refractivity contribution in [2.24, 2.45) is 0 Å². The van der Waals surface area contributed by atoms with Crippen LogP contribution in [0.25, 0.3) is 0 Å². The zero-order valence-corrected chi connectivity index (χ0v) is 10.1. The Morgan fingerprint density at radius 1 is 1.06 bits per heavy atom. The molecule has 0 aliphatic heterocycles. The summed E-state index contributed by atoms with van der Waals surface area (Å²) in [7, 11) is -7.33. The summed E-state index contributed by atoms with van der Waals surface area (Å²) in [6, 6.07) is 6.20. The second-order valence-electron chi connectivity index (χ2n) is 2.96. The first-order chi connectivity index (χ1) is 7.16. The Bertz CT molecular complexity index is 523. The normalized spacial score (nSPS) is 12.1. The van der Waals surface area contributed by atoms with Crippen LogP contribution in [0.4, 0.5) is 0 Å². The minimum absolute atomic E-state index is 0.0418. The summed E-state index contributed by atoms with van der Waals surface area (Å²) in [5, 5.41) is 0. The van der Waals surface area contributed by atoms with Crippen molar-refractivity contribution in [3.8, 4) is 11.5 Å². The van der Waals surface area contributed by atoms with E-state index in [2.05, 4.69) is 14.4 Å². The van der Waals surface area contributed by atoms with Gasteiger partial charge in [0.1, 0.15) is 5.75 Å². The molecule has 89 valence electrons. The zero-order chi connectivity index (χ0) is 12.4. The molecular formula is C8H9O6S2. The molecule has 1 aromatic carbocycles. The van der Waals surface area contributed by atoms with Gasteiger partial charge in [0.25, 0.3) is 0 Å². The number of hydrogen-bond donors (Lipinski definition) is 0. The van der Waals surface area contributed by atoms with Crippen molar-refractivity contribution in [1.82, 2.24) is 0 Å². The van der Waals surface area contributed by atoms with E-state index in [1.165, 1.54) is 12.1 Å². The molecule has 8 heteroatoms. The molecule has 0 saturated heterocycles. The molecule has 0 unspecified atom stereocenters. The van der Waals surface area contributed by atoms with E-state index in [9.17, 15) is 16.8 Å². The van der Waals surface area contributed by atoms with Crippen molar-refractivity contribution >= 4 is 20.2 Å². The molecule has 0 aliphatic rings. The summed E-state index contributed by atoms with van der Waals surface area (Å²) in [5.41, 5.74) is 0. The van der Waals surface area contributed by atoms with Crippen LogP contribution in [-0.4, -0.2) is 29.3 Å². The van der Waals surface area contributed by atoms with Crippen molar-refractivity contribution in [2.75, 3.05) is 12.5 Å². The van der Waals surface area contributed by atoms with Crippen molar-refractivity contribution in [3.05, 3.63) is 24.3 Å². The lowest BCUT2D eigenvalue weighted by atomic mass is 10.3. The quantitative estimate of drug-likeness (QED) is 0.721. The molecule has 1 aromatic rings. The summed E-state index contributed by atoms with van der Waals surface area (Å²) >= 11 is 0. The fraction of sp³-hybridized carbons (Fsp3) is 0.250. The fourth-order valence-corrected chi connectivity index (χ4v) is 1.74. The Hall–Kier alpha value is -1.28. The van der Waals surface area contributed by atoms with E-state index in [0.717, 1.165) is 18.6 Å². The first-order valence-corrected chi connectivity index (χ1v) is 7.60. The van der Waals surface area contributed by atoms with Gasteiger partial charge in [0.2, 0.25) is 0 Å². The van der Waals surface area contributed by atoms with E-state index in [4.69, 9.17) is 0 Å². The second kappa shape index (κ2) is 4.30. The van der Waals surface area contributed by atoms with Crippen LogP contribution in [0.2, 0.25) is 0 Å². The highest BCUT2D eigenvalue weighted by atomic mass is 32.2. The van der Waals surface area contributed by atoms with Gasteiger partial charge in [-0.15, -0.1) is 0 Å². The zero-order valence-electron chi connectivity index (χ0n) is 8.50. The lowest BCUT2D eigenvalue weighted by molar-refractivity contribution is 0.483. The highest BCUT2D eigenvalue weighted by Gasteiger charge is 2.08. The SMILES string of the molecule is CS(=O)(=O)Oc1[c]ccc(OS(C)(=O)=O)c1. The molecule has 1 rings (SSSR count). The highest BCUT2D eigenvalue weighted by molar-refractivity contribution is 7.86. The van der Waals surface area contributed by atoms with Crippen LogP contribution in [0.15, 0.2) is 18.2 Å². The maximum absolute atomic E-state index is 10.8. The summed E-state index contributed by atoms with van der Waals surface area (Å²) in [5.74, 6) is -0.177. The van der Waals surface area contributed by atoms with E-state index in [1.54, 1.807) is 0 Å². The molecule has 16 heavy (non-hydrogen) atoms. The lowest BCUT2D eigenvalue weighted by Crippen LogP contribution is -2.07. The predicted molar refractivity (Wildman–Crippen MR) is 56.2 cm³/mol. The molecule has 6 nitrogen and oxygen atoms in total. The van der Waals surface area contributed by atoms with Gasteiger partial charge in [0.05, 0.1) is 12.5 Å². The van der Waals surface area contributed by atoms with Crippen molar-refractivity contribution in [1.29, 1.82) is 0 Å². The van der Waals surface area contributed by atoms with Crippen LogP contribution in [0.1, 0.15) is 0 Å². The molecule has 0 heterocycles. The van der Waals surface area contributed by atoms with E-state index in [-0.39, 0.29) is 11.5 Å². The summed E-state index contributed by atoms with van der Waals surface area (Å²) in [6.07, 6.45) is 1.74. The van der Waals surface area contributed by atoms with Crippen LogP contribution in [0, 0.1) is 6.07 Å². The smallest absolute Gasteiger partial charge is 0.306 e. The molecule has 0 fully saturated rings. The number of benzene rings is 1. The van der Waals surface area contributed by atoms with Crippen LogP contribution in [0.5, 0.6) is 11.5 Å². The van der Waals surface area contributed by atoms with Crippen LogP contribution < -0.4 is 8.37 Å². The van der Waals surface area contributed by atoms with Gasteiger partial charge in [0, 0.05) is 12.1 Å². The van der Waals surface area contributed by atoms with E-state index < -0.39 is 20.2 Å². The number of rotatable bonds is 4. The Balaban J connectivity index is 2.96. The molecule has 0 N–H and O–H groups in total. The van der Waals surface area contributed by atoms with E-state index in [0.29, 0.717) is 0 Å². The van der Waals surface area contributed by atoms with Gasteiger partial charge in [-0.05, 0) is 12.1 Å². The lowest BCUT2D eigenvalue weighted by Gasteiger charge is -2.05. The molecule has 0 saturated carbocycles. The van der Waals surface area contributed by atoms with Gasteiger partial charge >= 0.3 is 20.2 Å². The van der Waals surface area contributed by atoms with Crippen molar-refractivity contribution in [3.63, 3.8) is 0 Å². The largest absolute Gasteiger partial charge is 0.382 e. The van der Waals surface area contributed by atoms with Gasteiger partial charge < -0.3 is 8.37 Å². The topological polar surface area (TPSA) is 86.7 Å². The van der Waals surface area contributed by atoms with Crippen molar-refractivity contribution in [2.45, 2.75) is 0 Å². The molecule has 0 bridgehead atoms. The third-order valence-electron chi connectivity index (χ3n) is 1.24. The first-order valence-electron chi connectivity index (χ1n) is 3.96. The Kier molecular flexibility index (Phi) is 3.44. The van der Waals surface area contributed by atoms with Crippen LogP contribution >= 0.6 is 0 Å². The average Bonchev–Trinajstić information content (AvgIpc) is 1.96. The maximum Gasteiger partial charge on any atom is 0.306 e. The minimum atomic E-state index is -3.67. The van der Waals surface area contributed by atoms with Gasteiger partial charge in [-0.25, -0.2) is 0 Å². The van der Waals surface area contributed by atoms with Crippen LogP contribution in [0.3, 0.4) is 0 Å².